The van der Waals surface area contributed by atoms with E-state index in [-0.39, 0.29) is 15.5 Å². The zero-order valence-corrected chi connectivity index (χ0v) is 16.3. The van der Waals surface area contributed by atoms with Crippen molar-refractivity contribution in [1.82, 2.24) is 10.6 Å². The molecule has 0 radical (unpaired) electrons. The van der Waals surface area contributed by atoms with Gasteiger partial charge in [-0.15, -0.1) is 11.3 Å². The van der Waals surface area contributed by atoms with Crippen LogP contribution in [-0.2, 0) is 19.4 Å². The molecule has 0 saturated heterocycles. The molecule has 1 aliphatic rings. The van der Waals surface area contributed by atoms with Crippen LogP contribution in [-0.4, -0.2) is 33.3 Å². The Morgan fingerprint density at radius 3 is 2.52 bits per heavy atom. The molecule has 2 heterocycles. The molecule has 3 rings (SSSR count). The molecule has 0 saturated carbocycles. The van der Waals surface area contributed by atoms with Crippen LogP contribution in [0.5, 0.6) is 0 Å². The third kappa shape index (κ3) is 4.04. The van der Waals surface area contributed by atoms with Crippen LogP contribution in [0.4, 0.5) is 4.79 Å². The number of amides is 2. The second-order valence-corrected chi connectivity index (χ2v) is 9.18. The van der Waals surface area contributed by atoms with Crippen molar-refractivity contribution in [2.45, 2.75) is 17.2 Å². The molecule has 0 unspecified atom stereocenters. The molecule has 2 aromatic rings. The Morgan fingerprint density at radius 1 is 1.22 bits per heavy atom. The molecule has 1 aliphatic heterocycles. The Balaban J connectivity index is 2.09. The lowest BCUT2D eigenvalue weighted by Crippen LogP contribution is -2.47. The van der Waals surface area contributed by atoms with Crippen molar-refractivity contribution in [2.75, 3.05) is 12.9 Å². The van der Waals surface area contributed by atoms with E-state index in [4.69, 9.17) is 4.74 Å². The van der Waals surface area contributed by atoms with Crippen LogP contribution in [0.15, 0.2) is 57.3 Å². The standard InChI is InChI=1S/C18H18N2O5S2/c1-11-5-7-12(8-6-11)16-15(17(21)25-2)13(19-18(22)20-16)10-27(23,24)14-4-3-9-26-14/h3-9,16H,10H2,1-2H3,(H2,19,20,22)/t16-/m1/s1. The summed E-state index contributed by atoms with van der Waals surface area (Å²) in [5.41, 5.74) is 1.76. The van der Waals surface area contributed by atoms with Gasteiger partial charge in [-0.3, -0.25) is 0 Å². The lowest BCUT2D eigenvalue weighted by molar-refractivity contribution is -0.136. The summed E-state index contributed by atoms with van der Waals surface area (Å²) in [7, 11) is -2.50. The molecular formula is C18H18N2O5S2. The molecule has 9 heteroatoms. The molecule has 0 spiro atoms. The highest BCUT2D eigenvalue weighted by Gasteiger charge is 2.35. The molecule has 2 amide bonds. The largest absolute Gasteiger partial charge is 0.466 e. The molecule has 142 valence electrons. The van der Waals surface area contributed by atoms with Crippen LogP contribution < -0.4 is 10.6 Å². The molecule has 0 bridgehead atoms. The number of nitrogens with one attached hydrogen (secondary N) is 2. The van der Waals surface area contributed by atoms with Crippen LogP contribution in [0.2, 0.25) is 0 Å². The molecule has 27 heavy (non-hydrogen) atoms. The summed E-state index contributed by atoms with van der Waals surface area (Å²) in [4.78, 5) is 24.6. The number of carbonyl (C=O) groups is 2. The maximum atomic E-state index is 12.7. The number of hydrogen-bond acceptors (Lipinski definition) is 6. The molecule has 1 aromatic heterocycles. The maximum absolute atomic E-state index is 12.7. The fraction of sp³-hybridized carbons (Fsp3) is 0.222. The highest BCUT2D eigenvalue weighted by molar-refractivity contribution is 7.93. The second kappa shape index (κ2) is 7.53. The molecule has 1 atom stereocenters. The van der Waals surface area contributed by atoms with Crippen molar-refractivity contribution < 1.29 is 22.7 Å². The van der Waals surface area contributed by atoms with Gasteiger partial charge in [-0.25, -0.2) is 18.0 Å². The highest BCUT2D eigenvalue weighted by atomic mass is 32.2. The van der Waals surface area contributed by atoms with Crippen molar-refractivity contribution in [1.29, 1.82) is 0 Å². The molecule has 0 aliphatic carbocycles. The Hall–Kier alpha value is -2.65. The Labute approximate surface area is 161 Å². The number of methoxy groups -OCH3 is 1. The summed E-state index contributed by atoms with van der Waals surface area (Å²) >= 11 is 1.08. The van der Waals surface area contributed by atoms with Gasteiger partial charge in [0.05, 0.1) is 24.5 Å². The smallest absolute Gasteiger partial charge is 0.338 e. The Bertz CT molecular complexity index is 993. The summed E-state index contributed by atoms with van der Waals surface area (Å²) in [5.74, 6) is -1.21. The number of esters is 1. The van der Waals surface area contributed by atoms with E-state index in [1.807, 2.05) is 19.1 Å². The topological polar surface area (TPSA) is 102 Å². The van der Waals surface area contributed by atoms with E-state index in [0.29, 0.717) is 5.56 Å². The average Bonchev–Trinajstić information content (AvgIpc) is 3.16. The van der Waals surface area contributed by atoms with Crippen LogP contribution in [0.25, 0.3) is 0 Å². The number of ether oxygens (including phenoxy) is 1. The second-order valence-electron chi connectivity index (χ2n) is 6.02. The minimum Gasteiger partial charge on any atom is -0.466 e. The number of aryl methyl sites for hydroxylation is 1. The number of urea groups is 1. The van der Waals surface area contributed by atoms with Crippen molar-refractivity contribution in [3.05, 3.63) is 64.2 Å². The number of hydrogen-bond donors (Lipinski definition) is 2. The van der Waals surface area contributed by atoms with Crippen molar-refractivity contribution >= 4 is 33.2 Å². The van der Waals surface area contributed by atoms with Crippen molar-refractivity contribution in [3.63, 3.8) is 0 Å². The van der Waals surface area contributed by atoms with Gasteiger partial charge in [-0.05, 0) is 23.9 Å². The molecule has 2 N–H and O–H groups in total. The van der Waals surface area contributed by atoms with Crippen LogP contribution >= 0.6 is 11.3 Å². The van der Waals surface area contributed by atoms with Gasteiger partial charge in [0.2, 0.25) is 0 Å². The molecule has 1 aromatic carbocycles. The quantitative estimate of drug-likeness (QED) is 0.742. The monoisotopic (exact) mass is 406 g/mol. The fourth-order valence-corrected chi connectivity index (χ4v) is 5.21. The number of carbonyl (C=O) groups excluding carboxylic acids is 2. The number of rotatable bonds is 5. The van der Waals surface area contributed by atoms with Gasteiger partial charge in [0.25, 0.3) is 0 Å². The first-order valence-electron chi connectivity index (χ1n) is 8.03. The number of sulfone groups is 1. The predicted molar refractivity (Wildman–Crippen MR) is 101 cm³/mol. The van der Waals surface area contributed by atoms with E-state index in [9.17, 15) is 18.0 Å². The number of thiophene rings is 1. The molecular weight excluding hydrogens is 388 g/mol. The van der Waals surface area contributed by atoms with Gasteiger partial charge >= 0.3 is 12.0 Å². The SMILES string of the molecule is COC(=O)C1=C(CS(=O)(=O)c2cccs2)NC(=O)N[C@@H]1c1ccc(C)cc1. The van der Waals surface area contributed by atoms with E-state index in [0.717, 1.165) is 16.9 Å². The fourth-order valence-electron chi connectivity index (χ4n) is 2.79. The molecule has 0 fully saturated rings. The molecule has 7 nitrogen and oxygen atoms in total. The van der Waals surface area contributed by atoms with E-state index in [1.165, 1.54) is 13.2 Å². The van der Waals surface area contributed by atoms with Crippen LogP contribution in [0.3, 0.4) is 0 Å². The third-order valence-electron chi connectivity index (χ3n) is 4.11. The van der Waals surface area contributed by atoms with Gasteiger partial charge in [0.15, 0.2) is 9.84 Å². The first-order chi connectivity index (χ1) is 12.8. The Morgan fingerprint density at radius 2 is 1.93 bits per heavy atom. The third-order valence-corrected chi connectivity index (χ3v) is 7.24. The first kappa shape index (κ1) is 19.1. The lowest BCUT2D eigenvalue weighted by atomic mass is 9.95. The minimum atomic E-state index is -3.72. The summed E-state index contributed by atoms with van der Waals surface area (Å²) in [6.07, 6.45) is 0. The maximum Gasteiger partial charge on any atom is 0.338 e. The van der Waals surface area contributed by atoms with Crippen molar-refractivity contribution in [3.8, 4) is 0 Å². The van der Waals surface area contributed by atoms with E-state index >= 15 is 0 Å². The zero-order valence-electron chi connectivity index (χ0n) is 14.7. The Kier molecular flexibility index (Phi) is 5.33. The van der Waals surface area contributed by atoms with Crippen LogP contribution in [0.1, 0.15) is 17.2 Å². The van der Waals surface area contributed by atoms with E-state index in [2.05, 4.69) is 10.6 Å². The summed E-state index contributed by atoms with van der Waals surface area (Å²) in [5, 5.41) is 6.78. The zero-order chi connectivity index (χ0) is 19.6. The van der Waals surface area contributed by atoms with Gasteiger partial charge in [-0.1, -0.05) is 35.9 Å². The van der Waals surface area contributed by atoms with Gasteiger partial charge in [-0.2, -0.15) is 0 Å². The van der Waals surface area contributed by atoms with E-state index < -0.39 is 33.6 Å². The average molecular weight is 406 g/mol. The van der Waals surface area contributed by atoms with E-state index in [1.54, 1.807) is 23.6 Å². The minimum absolute atomic E-state index is 0.0181. The first-order valence-corrected chi connectivity index (χ1v) is 10.6. The lowest BCUT2D eigenvalue weighted by Gasteiger charge is -2.29. The van der Waals surface area contributed by atoms with Gasteiger partial charge < -0.3 is 15.4 Å². The predicted octanol–water partition coefficient (Wildman–Crippen LogP) is 2.31. The van der Waals surface area contributed by atoms with Gasteiger partial charge in [0, 0.05) is 5.70 Å². The summed E-state index contributed by atoms with van der Waals surface area (Å²) in [6, 6.07) is 8.98. The number of benzene rings is 1. The highest BCUT2D eigenvalue weighted by Crippen LogP contribution is 2.30. The van der Waals surface area contributed by atoms with Gasteiger partial charge in [0.1, 0.15) is 4.21 Å². The summed E-state index contributed by atoms with van der Waals surface area (Å²) in [6.45, 7) is 1.92. The summed E-state index contributed by atoms with van der Waals surface area (Å²) < 4.78 is 30.4. The van der Waals surface area contributed by atoms with Crippen molar-refractivity contribution in [2.24, 2.45) is 0 Å². The van der Waals surface area contributed by atoms with Crippen LogP contribution in [0, 0.1) is 6.92 Å². The normalized spacial score (nSPS) is 17.3.